The summed E-state index contributed by atoms with van der Waals surface area (Å²) in [6.07, 6.45) is 20.0. The largest absolute Gasteiger partial charge is 0.453 e. The van der Waals surface area contributed by atoms with Crippen molar-refractivity contribution in [2.75, 3.05) is 70.8 Å². The molecule has 6 N–H and O–H groups in total. The maximum Gasteiger partial charge on any atom is 0.412 e. The summed E-state index contributed by atoms with van der Waals surface area (Å²) in [5.74, 6) is -0.325. The Kier molecular flexibility index (Phi) is 30.6. The summed E-state index contributed by atoms with van der Waals surface area (Å²) in [6, 6.07) is 33.7. The summed E-state index contributed by atoms with van der Waals surface area (Å²) in [7, 11) is -13.9. The predicted octanol–water partition coefficient (Wildman–Crippen LogP) is 15.4. The van der Waals surface area contributed by atoms with E-state index in [0.717, 1.165) is 103 Å². The molecule has 2 saturated heterocycles. The van der Waals surface area contributed by atoms with Crippen molar-refractivity contribution in [2.45, 2.75) is 120 Å². The minimum Gasteiger partial charge on any atom is -0.453 e. The Morgan fingerprint density at radius 1 is 0.479 bits per heavy atom. The Morgan fingerprint density at radius 2 is 0.943 bits per heavy atom. The molecule has 2 bridgehead atoms. The number of nitrogens with one attached hydrogen (secondary N) is 6. The second-order valence-corrected chi connectivity index (χ2v) is 41.7. The smallest absolute Gasteiger partial charge is 0.412 e. The van der Waals surface area contributed by atoms with Crippen LogP contribution in [0.5, 0.6) is 0 Å². The molecule has 3 saturated carbocycles. The molecule has 35 nitrogen and oxygen atoms in total. The zero-order chi connectivity index (χ0) is 101. The molecular weight excluding hydrogens is 1910 g/mol. The fraction of sp³-hybridized carbons (Fsp3) is 0.247. The van der Waals surface area contributed by atoms with Crippen molar-refractivity contribution in [2.24, 2.45) is 11.3 Å². The molecule has 3 aliphatic carbocycles. The molecule has 19 rings (SSSR count). The zero-order valence-electron chi connectivity index (χ0n) is 77.3. The average molecular weight is 2000 g/mol. The van der Waals surface area contributed by atoms with Gasteiger partial charge in [0.15, 0.2) is 19.7 Å². The number of ether oxygens (including phenoxy) is 2. The van der Waals surface area contributed by atoms with Crippen LogP contribution < -0.4 is 35.6 Å². The Morgan fingerprint density at radius 3 is 1.44 bits per heavy atom. The van der Waals surface area contributed by atoms with Crippen LogP contribution in [-0.2, 0) is 75.1 Å². The molecule has 0 unspecified atom stereocenters. The maximum atomic E-state index is 14.1. The van der Waals surface area contributed by atoms with Crippen molar-refractivity contribution in [1.82, 2.24) is 69.4 Å². The van der Waals surface area contributed by atoms with E-state index in [1.807, 2.05) is 36.9 Å². The van der Waals surface area contributed by atoms with E-state index in [2.05, 4.69) is 95.9 Å². The number of carbonyl (C=O) groups excluding carboxylic acids is 5. The van der Waals surface area contributed by atoms with Crippen molar-refractivity contribution in [1.29, 1.82) is 0 Å². The normalized spacial score (nSPS) is 15.5. The van der Waals surface area contributed by atoms with E-state index in [0.29, 0.717) is 132 Å². The highest BCUT2D eigenvalue weighted by atomic mass is 35.5. The van der Waals surface area contributed by atoms with Gasteiger partial charge < -0.3 is 35.6 Å². The number of rotatable bonds is 22. The van der Waals surface area contributed by atoms with Gasteiger partial charge in [-0.2, -0.15) is 0 Å². The van der Waals surface area contributed by atoms with Crippen LogP contribution in [0.15, 0.2) is 222 Å². The lowest BCUT2D eigenvalue weighted by Crippen LogP contribution is -2.67. The van der Waals surface area contributed by atoms with E-state index in [1.54, 1.807) is 175 Å². The lowest BCUT2D eigenvalue weighted by Gasteiger charge is -2.61. The minimum absolute atomic E-state index is 0.0308. The number of halogens is 4. The summed E-state index contributed by atoms with van der Waals surface area (Å²) >= 11 is 5.71. The van der Waals surface area contributed by atoms with Crippen LogP contribution in [0.1, 0.15) is 102 Å². The molecule has 724 valence electrons. The zero-order valence-corrected chi connectivity index (χ0v) is 81.3. The fourth-order valence-electron chi connectivity index (χ4n) is 15.8. The van der Waals surface area contributed by atoms with E-state index in [1.165, 1.54) is 49.9 Å². The molecule has 3 aliphatic heterocycles. The van der Waals surface area contributed by atoms with E-state index < -0.39 is 84.6 Å². The van der Waals surface area contributed by atoms with Crippen molar-refractivity contribution in [3.05, 3.63) is 286 Å². The lowest BCUT2D eigenvalue weighted by atomic mass is 9.50. The first kappa shape index (κ1) is 101. The number of nitrogens with zero attached hydrogens (tertiary/aromatic N) is 14. The molecule has 0 radical (unpaired) electrons. The van der Waals surface area contributed by atoms with Crippen molar-refractivity contribution in [3.8, 4) is 55.6 Å². The number of likely N-dealkylation sites (tertiary alicyclic amines) is 1. The molecule has 5 amide bonds. The highest BCUT2D eigenvalue weighted by Crippen LogP contribution is 2.57. The Labute approximate surface area is 810 Å². The quantitative estimate of drug-likeness (QED) is 0.0343. The van der Waals surface area contributed by atoms with E-state index in [-0.39, 0.29) is 50.3 Å². The minimum atomic E-state index is -4.07. The molecule has 2 aromatic carbocycles. The van der Waals surface area contributed by atoms with Gasteiger partial charge in [-0.1, -0.05) is 17.7 Å². The molecule has 13 aromatic rings. The highest BCUT2D eigenvalue weighted by molar-refractivity contribution is 7.96. The van der Waals surface area contributed by atoms with Crippen LogP contribution in [-0.4, -0.2) is 174 Å². The third-order valence-electron chi connectivity index (χ3n) is 22.9. The van der Waals surface area contributed by atoms with Crippen LogP contribution >= 0.6 is 11.6 Å². The standard InChI is InChI=1S/C22H22N6O2.C21H19F2N3O3S.C20H17ClFN3O4S.C18H20N4O3S.C16H16N4O3S/c1-14-18(21(29)28-10-22(11-28)12-30-13-22)7-17(9-25-14)16-3-5-24-20(8-16)27-19-4-6-23-15(2)26-19;1-12-6-15(8-21(25-12)26-14(3)27)16-7-17(13(2)24-10-16)11-30(28,29)20-5-4-18(22)9-19(20)23;1-12-15(11-30(27,28)18-4-3-16(21)9-17(18)22)7-14(10-24-12)13-5-6-23-19(8-13)25-20(26)29-2;1-11-16(26(24,25)22-18-7-13(8-18)9-18)5-15(10-20-11)14-3-4-19-17(6-14)21-12(2)23;1-11-15(20-6-3-7-24(20,22)23)8-14(10-18-11)13-4-5-17-16(9-13)19-12(2)21/h3-9H,10-13H2,1-2H3,(H,23,24,26,27);4-10H,11H2,1-3H3,(H,25,26,27);3-10H,11H2,1-2H3,(H,23,25,26);3-6,10,13,22H,7-9H2,1-2H3,(H,19,21,23);3-5,7-10H,6H2,1-2H3,(H,17,19,21). The van der Waals surface area contributed by atoms with Crippen molar-refractivity contribution >= 4 is 122 Å². The molecule has 6 aliphatic rings. The fourth-order valence-corrected chi connectivity index (χ4v) is 21.8. The Hall–Kier alpha value is -14.7. The summed E-state index contributed by atoms with van der Waals surface area (Å²) in [5.41, 5.74) is 12.7. The van der Waals surface area contributed by atoms with Crippen LogP contribution in [0.3, 0.4) is 0 Å². The molecule has 0 atom stereocenters. The van der Waals surface area contributed by atoms with Gasteiger partial charge in [-0.05, 0) is 240 Å². The van der Waals surface area contributed by atoms with Crippen LogP contribution in [0.2, 0.25) is 5.02 Å². The number of aryl methyl sites for hydroxylation is 7. The van der Waals surface area contributed by atoms with Gasteiger partial charge in [0.05, 0.1) is 72.1 Å². The van der Waals surface area contributed by atoms with Gasteiger partial charge in [-0.3, -0.25) is 53.7 Å². The first-order chi connectivity index (χ1) is 66.4. The number of pyridine rings is 10. The molecule has 1 spiro atoms. The second kappa shape index (κ2) is 42.3. The Bertz CT molecular complexity index is 7560. The van der Waals surface area contributed by atoms with Gasteiger partial charge in [0, 0.05) is 163 Å². The summed E-state index contributed by atoms with van der Waals surface area (Å²) in [6.45, 7) is 19.8. The van der Waals surface area contributed by atoms with Crippen molar-refractivity contribution < 1.29 is 80.3 Å². The molecule has 43 heteroatoms. The van der Waals surface area contributed by atoms with Gasteiger partial charge in [-0.25, -0.2) is 91.2 Å². The van der Waals surface area contributed by atoms with E-state index >= 15 is 0 Å². The van der Waals surface area contributed by atoms with Gasteiger partial charge in [0.2, 0.25) is 27.7 Å². The number of hydrogen-bond acceptors (Lipinski definition) is 28. The summed E-state index contributed by atoms with van der Waals surface area (Å²) in [5, 5.41) is 14.8. The summed E-state index contributed by atoms with van der Waals surface area (Å²) < 4.78 is 156. The SMILES string of the molecule is CC(=O)Nc1cc(-c2cnc(C)c(CS(=O)(=O)c3ccc(F)cc3F)c2)cc(C)n1.CC(=O)Nc1cc(-c2cnc(C)c(N3CC=CS3(=O)=O)c2)ccn1.CC(=O)Nc1cc(-c2cnc(C)c(S(=O)(=O)NC34CC(C3)C4)c2)ccn1.COC(=O)Nc1cc(-c2cnc(C)c(CS(=O)(=O)c3ccc(Cl)cc3F)c2)ccn1.Cc1nccc(Nc2cc(-c3cnc(C)c(C(=O)N4CC5(COC5)C4)c3)ccn2)n1. The number of benzene rings is 2. The van der Waals surface area contributed by atoms with E-state index in [9.17, 15) is 70.8 Å². The molecule has 140 heavy (non-hydrogen) atoms. The molecule has 14 heterocycles. The third kappa shape index (κ3) is 24.9. The number of carbonyl (C=O) groups is 5. The maximum absolute atomic E-state index is 14.1. The topological polar surface area (TPSA) is 474 Å². The number of sulfonamides is 2. The summed E-state index contributed by atoms with van der Waals surface area (Å²) in [4.78, 5) is 110. The second-order valence-electron chi connectivity index (χ2n) is 33.9. The first-order valence-corrected chi connectivity index (χ1v) is 49.9. The van der Waals surface area contributed by atoms with Crippen molar-refractivity contribution in [3.63, 3.8) is 0 Å². The Balaban J connectivity index is 0.000000140. The van der Waals surface area contributed by atoms with Gasteiger partial charge >= 0.3 is 6.09 Å². The first-order valence-electron chi connectivity index (χ1n) is 43.2. The van der Waals surface area contributed by atoms with Gasteiger partial charge in [0.25, 0.3) is 15.9 Å². The molecule has 11 aromatic heterocycles. The third-order valence-corrected chi connectivity index (χ3v) is 29.7. The number of methoxy groups -OCH3 is 1. The lowest BCUT2D eigenvalue weighted by molar-refractivity contribution is -0.176. The molecule has 5 fully saturated rings. The number of sulfone groups is 2. The van der Waals surface area contributed by atoms with Crippen LogP contribution in [0.25, 0.3) is 55.6 Å². The van der Waals surface area contributed by atoms with Crippen LogP contribution in [0, 0.1) is 77.3 Å². The number of aromatic nitrogens is 12. The molecular formula is C97H94ClF3N20O15S4. The monoisotopic (exact) mass is 2000 g/mol. The van der Waals surface area contributed by atoms with Crippen LogP contribution in [0.4, 0.5) is 58.6 Å². The number of amides is 5. The van der Waals surface area contributed by atoms with Gasteiger partial charge in [0.1, 0.15) is 72.9 Å². The number of anilines is 7. The average Bonchev–Trinajstić information content (AvgIpc) is 0.782. The van der Waals surface area contributed by atoms with Gasteiger partial charge in [-0.15, -0.1) is 0 Å². The van der Waals surface area contributed by atoms with E-state index in [4.69, 9.17) is 16.3 Å². The highest BCUT2D eigenvalue weighted by Gasteiger charge is 2.58. The predicted molar refractivity (Wildman–Crippen MR) is 519 cm³/mol. The number of hydrogen-bond donors (Lipinski definition) is 6.